The summed E-state index contributed by atoms with van der Waals surface area (Å²) in [6, 6.07) is 69.1. The maximum absolute atomic E-state index is 9.61. The molecule has 0 atom stereocenters. The van der Waals surface area contributed by atoms with Gasteiger partial charge in [-0.05, 0) is 133 Å². The van der Waals surface area contributed by atoms with E-state index < -0.39 is 0 Å². The van der Waals surface area contributed by atoms with E-state index in [4.69, 9.17) is 21.0 Å². The number of anilines is 1. The van der Waals surface area contributed by atoms with Crippen molar-refractivity contribution in [3.8, 4) is 23.6 Å². The van der Waals surface area contributed by atoms with Gasteiger partial charge < -0.3 is 20.1 Å². The molecule has 10 aromatic rings. The molecule has 0 aliphatic carbocycles. The monoisotopic (exact) mass is 1150 g/mol. The smallest absolute Gasteiger partial charge is 0.201 e. The van der Waals surface area contributed by atoms with Crippen molar-refractivity contribution >= 4 is 61.0 Å². The number of hydrogen-bond acceptors (Lipinski definition) is 5. The minimum Gasteiger partial charge on any atom is -0.369 e. The quantitative estimate of drug-likeness (QED) is 0.0502. The second-order valence-corrected chi connectivity index (χ2v) is 21.9. The highest BCUT2D eigenvalue weighted by Crippen LogP contribution is 2.42. The first kappa shape index (κ1) is 60.1. The number of guanidine groups is 1. The topological polar surface area (TPSA) is 115 Å². The van der Waals surface area contributed by atoms with E-state index in [9.17, 15) is 5.26 Å². The number of para-hydroxylation sites is 4. The molecule has 2 aliphatic rings. The molecule has 0 spiro atoms. The number of aliphatic imine (C=N–C) groups is 1. The molecule has 7 aromatic carbocycles. The van der Waals surface area contributed by atoms with Crippen LogP contribution in [0.3, 0.4) is 0 Å². The molecule has 12 rings (SSSR count). The second kappa shape index (κ2) is 29.2. The molecule has 0 unspecified atom stereocenters. The van der Waals surface area contributed by atoms with Gasteiger partial charge >= 0.3 is 0 Å². The fourth-order valence-corrected chi connectivity index (χ4v) is 11.6. The summed E-state index contributed by atoms with van der Waals surface area (Å²) in [6.07, 6.45) is 29.5. The largest absolute Gasteiger partial charge is 0.369 e. The number of allylic oxidation sites excluding steroid dienone is 11. The van der Waals surface area contributed by atoms with E-state index in [1.165, 1.54) is 67.6 Å². The Bertz CT molecular complexity index is 4480. The Morgan fingerprint density at radius 3 is 2.07 bits per heavy atom. The molecular formula is C79H73N9. The van der Waals surface area contributed by atoms with Crippen LogP contribution >= 0.6 is 0 Å². The summed E-state index contributed by atoms with van der Waals surface area (Å²) in [5, 5.41) is 22.0. The van der Waals surface area contributed by atoms with Crippen molar-refractivity contribution in [2.45, 2.75) is 52.9 Å². The van der Waals surface area contributed by atoms with E-state index in [0.29, 0.717) is 30.4 Å². The van der Waals surface area contributed by atoms with E-state index in [0.717, 1.165) is 77.4 Å². The molecule has 9 nitrogen and oxygen atoms in total. The summed E-state index contributed by atoms with van der Waals surface area (Å²) in [5.41, 5.74) is 23.1. The van der Waals surface area contributed by atoms with Crippen LogP contribution in [0.5, 0.6) is 0 Å². The molecule has 9 heteroatoms. The molecule has 5 heterocycles. The predicted molar refractivity (Wildman–Crippen MR) is 369 cm³/mol. The van der Waals surface area contributed by atoms with Crippen LogP contribution in [0.25, 0.3) is 60.8 Å². The SMILES string of the molecule is C=C/C=C1\C=CCC2=C(/C=C\CN(C(N)=N/C(=C\Cc3ccccc3)c3cccc(C#N)c3)c3ccccc3C2)N1C/C=C\CC(C)C.C=C/C=C\Cc1cccc(-n2c3ccccc3c3c4c5ccccc5n(-c5ccccc5)c4ccc32)n1.CC#N. The average molecular weight is 1150 g/mol. The lowest BCUT2D eigenvalue weighted by Gasteiger charge is -2.27. The van der Waals surface area contributed by atoms with Crippen molar-refractivity contribution in [3.05, 3.63) is 319 Å². The first-order valence-corrected chi connectivity index (χ1v) is 30.0. The Balaban J connectivity index is 0.000000191. The molecule has 0 bridgehead atoms. The van der Waals surface area contributed by atoms with Crippen LogP contribution in [-0.2, 0) is 19.3 Å². The zero-order chi connectivity index (χ0) is 61.2. The van der Waals surface area contributed by atoms with Crippen LogP contribution in [0.1, 0.15) is 61.6 Å². The molecule has 0 saturated heterocycles. The number of fused-ring (bicyclic) bond motifs is 8. The molecule has 88 heavy (non-hydrogen) atoms. The third kappa shape index (κ3) is 13.7. The van der Waals surface area contributed by atoms with Gasteiger partial charge in [-0.25, -0.2) is 9.98 Å². The van der Waals surface area contributed by atoms with Gasteiger partial charge in [0.1, 0.15) is 5.82 Å². The molecule has 0 saturated carbocycles. The molecule has 2 aliphatic heterocycles. The molecule has 0 fully saturated rings. The predicted octanol–water partition coefficient (Wildman–Crippen LogP) is 18.4. The van der Waals surface area contributed by atoms with Gasteiger partial charge in [-0.3, -0.25) is 4.57 Å². The van der Waals surface area contributed by atoms with E-state index in [1.807, 2.05) is 48.6 Å². The van der Waals surface area contributed by atoms with Gasteiger partial charge in [-0.1, -0.05) is 203 Å². The number of pyridine rings is 1. The van der Waals surface area contributed by atoms with E-state index in [2.05, 4.69) is 252 Å². The number of nitriles is 2. The normalized spacial score (nSPS) is 14.4. The summed E-state index contributed by atoms with van der Waals surface area (Å²) >= 11 is 0. The van der Waals surface area contributed by atoms with Crippen LogP contribution in [0.4, 0.5) is 5.69 Å². The number of nitrogens with zero attached hydrogens (tertiary/aromatic N) is 8. The maximum atomic E-state index is 9.61. The fraction of sp³-hybridized carbons (Fsp3) is 0.139. The summed E-state index contributed by atoms with van der Waals surface area (Å²) in [5.74, 6) is 1.94. The summed E-state index contributed by atoms with van der Waals surface area (Å²) in [6.45, 7) is 15.0. The number of benzene rings is 7. The lowest BCUT2D eigenvalue weighted by molar-refractivity contribution is 0.496. The van der Waals surface area contributed by atoms with Crippen molar-refractivity contribution in [1.29, 1.82) is 10.5 Å². The second-order valence-electron chi connectivity index (χ2n) is 21.9. The van der Waals surface area contributed by atoms with Gasteiger partial charge in [0, 0.05) is 82.0 Å². The summed E-state index contributed by atoms with van der Waals surface area (Å²) in [4.78, 5) is 14.6. The molecule has 2 N–H and O–H groups in total. The van der Waals surface area contributed by atoms with Gasteiger partial charge in [0.2, 0.25) is 5.96 Å². The standard InChI is InChI=1S/C43H45N5.C34H25N3.C2H3N/c1-4-15-39-23-13-22-38-31-37-20-8-9-24-42(37)48(29-14-25-41(38)47(39)28-11-10-16-33(2)3)43(45)46-40(27-26-34-17-6-5-7-18-34)36-21-12-19-35(30-36)32-44;1-2-3-5-13-24-14-12-21-32(35-24)37-29-20-11-9-18-27(29)34-31(37)23-22-30-33(34)26-17-8-10-19-28(26)36(30)25-15-6-4-7-16-25;1-2-3/h4-15,17-21,23-25,27,30,33H,1,16,22,26,28-29,31H2,2-3H3,(H2,45,46);2-12,14-23H,1,13H2;1H3/b11-10-,25-14-,39-15+,40-27-;5-3-;. The molecule has 3 aromatic heterocycles. The minimum atomic E-state index is 0.395. The van der Waals surface area contributed by atoms with E-state index in [-0.39, 0.29) is 0 Å². The van der Waals surface area contributed by atoms with Gasteiger partial charge in [0.15, 0.2) is 0 Å². The Labute approximate surface area is 518 Å². The summed E-state index contributed by atoms with van der Waals surface area (Å²) in [7, 11) is 0. The number of rotatable bonds is 14. The number of aromatic nitrogens is 3. The van der Waals surface area contributed by atoms with Crippen molar-refractivity contribution in [3.63, 3.8) is 0 Å². The zero-order valence-corrected chi connectivity index (χ0v) is 50.4. The van der Waals surface area contributed by atoms with Crippen molar-refractivity contribution < 1.29 is 0 Å². The molecule has 0 amide bonds. The molecular weight excluding hydrogens is 1070 g/mol. The third-order valence-corrected chi connectivity index (χ3v) is 15.5. The lowest BCUT2D eigenvalue weighted by atomic mass is 9.98. The molecule has 0 radical (unpaired) electrons. The first-order valence-electron chi connectivity index (χ1n) is 30.0. The third-order valence-electron chi connectivity index (χ3n) is 15.5. The zero-order valence-electron chi connectivity index (χ0n) is 50.4. The van der Waals surface area contributed by atoms with Crippen molar-refractivity contribution in [2.75, 3.05) is 18.0 Å². The average Bonchev–Trinajstić information content (AvgIpc) is 1.56. The van der Waals surface area contributed by atoms with Crippen LogP contribution in [0.2, 0.25) is 0 Å². The van der Waals surface area contributed by atoms with Crippen LogP contribution in [-0.4, -0.2) is 38.1 Å². The van der Waals surface area contributed by atoms with Crippen LogP contribution in [0.15, 0.2) is 296 Å². The summed E-state index contributed by atoms with van der Waals surface area (Å²) < 4.78 is 4.68. The minimum absolute atomic E-state index is 0.395. The van der Waals surface area contributed by atoms with Crippen molar-refractivity contribution in [1.82, 2.24) is 19.0 Å². The van der Waals surface area contributed by atoms with Gasteiger partial charge in [-0.2, -0.15) is 10.5 Å². The van der Waals surface area contributed by atoms with Gasteiger partial charge in [0.05, 0.1) is 45.5 Å². The number of hydrogen-bond donors (Lipinski definition) is 1. The Morgan fingerprint density at radius 2 is 1.35 bits per heavy atom. The Hall–Kier alpha value is -11.0. The van der Waals surface area contributed by atoms with Crippen LogP contribution in [0, 0.1) is 28.6 Å². The highest BCUT2D eigenvalue weighted by Gasteiger charge is 2.24. The van der Waals surface area contributed by atoms with Gasteiger partial charge in [0.25, 0.3) is 0 Å². The fourth-order valence-electron chi connectivity index (χ4n) is 11.6. The molecule has 434 valence electrons. The lowest BCUT2D eigenvalue weighted by Crippen LogP contribution is -2.38. The highest BCUT2D eigenvalue weighted by molar-refractivity contribution is 6.28. The van der Waals surface area contributed by atoms with Crippen molar-refractivity contribution in [2.24, 2.45) is 16.6 Å². The highest BCUT2D eigenvalue weighted by atomic mass is 15.3. The maximum Gasteiger partial charge on any atom is 0.201 e. The number of nitrogens with two attached hydrogens (primary N) is 1. The van der Waals surface area contributed by atoms with Gasteiger partial charge in [-0.15, -0.1) is 0 Å². The van der Waals surface area contributed by atoms with Crippen LogP contribution < -0.4 is 10.6 Å². The first-order chi connectivity index (χ1) is 43.2. The Morgan fingerprint density at radius 1 is 0.682 bits per heavy atom. The van der Waals surface area contributed by atoms with E-state index >= 15 is 0 Å². The van der Waals surface area contributed by atoms with E-state index in [1.54, 1.807) is 18.2 Å². The Kier molecular flexibility index (Phi) is 20.0.